The average Bonchev–Trinajstić information content (AvgIpc) is 2.63. The minimum Gasteiger partial charge on any atom is -0.312 e. The molecule has 0 spiro atoms. The molecule has 0 amide bonds. The molecule has 2 nitrogen and oxygen atoms in total. The van der Waals surface area contributed by atoms with Crippen LogP contribution in [0.3, 0.4) is 0 Å². The van der Waals surface area contributed by atoms with E-state index in [1.807, 2.05) is 17.5 Å². The summed E-state index contributed by atoms with van der Waals surface area (Å²) in [4.78, 5) is 5.71. The highest BCUT2D eigenvalue weighted by molar-refractivity contribution is 7.11. The lowest BCUT2D eigenvalue weighted by Crippen LogP contribution is -2.16. The minimum absolute atomic E-state index is 0.460. The number of hydrogen-bond donors (Lipinski definition) is 1. The van der Waals surface area contributed by atoms with E-state index in [1.165, 1.54) is 22.7 Å². The molecule has 0 aliphatic rings. The number of nitrogens with zero attached hydrogens (tertiary/aromatic N) is 1. The molecule has 1 heterocycles. The standard InChI is InChI=1S/C13H24N2S/c1-5-12-15-10-11(16-12)9-14-8-6-7-13(2,3)4/h10,14H,5-9H2,1-4H3. The zero-order valence-corrected chi connectivity index (χ0v) is 11.8. The van der Waals surface area contributed by atoms with Gasteiger partial charge >= 0.3 is 0 Å². The van der Waals surface area contributed by atoms with Crippen molar-refractivity contribution in [3.8, 4) is 0 Å². The SMILES string of the molecule is CCc1ncc(CNCCCC(C)(C)C)s1. The number of rotatable bonds is 6. The molecule has 16 heavy (non-hydrogen) atoms. The van der Waals surface area contributed by atoms with Gasteiger partial charge in [0.05, 0.1) is 5.01 Å². The van der Waals surface area contributed by atoms with Gasteiger partial charge < -0.3 is 5.32 Å². The summed E-state index contributed by atoms with van der Waals surface area (Å²) in [5, 5.41) is 4.72. The Morgan fingerprint density at radius 1 is 1.38 bits per heavy atom. The Morgan fingerprint density at radius 3 is 2.69 bits per heavy atom. The number of hydrogen-bond acceptors (Lipinski definition) is 3. The van der Waals surface area contributed by atoms with Crippen LogP contribution >= 0.6 is 11.3 Å². The maximum Gasteiger partial charge on any atom is 0.0925 e. The first-order valence-corrected chi connectivity index (χ1v) is 6.97. The fourth-order valence-corrected chi connectivity index (χ4v) is 2.38. The highest BCUT2D eigenvalue weighted by Gasteiger charge is 2.08. The van der Waals surface area contributed by atoms with E-state index in [2.05, 4.69) is 38.0 Å². The second-order valence-corrected chi connectivity index (χ2v) is 6.61. The monoisotopic (exact) mass is 240 g/mol. The van der Waals surface area contributed by atoms with Gasteiger partial charge in [-0.3, -0.25) is 0 Å². The maximum absolute atomic E-state index is 4.35. The molecule has 0 radical (unpaired) electrons. The summed E-state index contributed by atoms with van der Waals surface area (Å²) in [6.07, 6.45) is 5.58. The molecule has 0 bridgehead atoms. The second-order valence-electron chi connectivity index (χ2n) is 5.41. The van der Waals surface area contributed by atoms with Crippen LogP contribution in [0.2, 0.25) is 0 Å². The molecule has 1 N–H and O–H groups in total. The smallest absolute Gasteiger partial charge is 0.0925 e. The predicted octanol–water partition coefficient (Wildman–Crippen LogP) is 3.62. The first-order valence-electron chi connectivity index (χ1n) is 6.15. The van der Waals surface area contributed by atoms with E-state index in [1.54, 1.807) is 0 Å². The molecule has 1 rings (SSSR count). The van der Waals surface area contributed by atoms with Crippen molar-refractivity contribution in [3.63, 3.8) is 0 Å². The van der Waals surface area contributed by atoms with E-state index in [0.29, 0.717) is 5.41 Å². The molecule has 0 unspecified atom stereocenters. The fraction of sp³-hybridized carbons (Fsp3) is 0.769. The van der Waals surface area contributed by atoms with Gasteiger partial charge in [0.2, 0.25) is 0 Å². The molecule has 0 aliphatic heterocycles. The lowest BCUT2D eigenvalue weighted by Gasteiger charge is -2.17. The Kier molecular flexibility index (Phi) is 5.42. The van der Waals surface area contributed by atoms with Crippen LogP contribution < -0.4 is 5.32 Å². The van der Waals surface area contributed by atoms with Crippen LogP contribution in [0.25, 0.3) is 0 Å². The first-order chi connectivity index (χ1) is 7.51. The summed E-state index contributed by atoms with van der Waals surface area (Å²) in [7, 11) is 0. The summed E-state index contributed by atoms with van der Waals surface area (Å²) >= 11 is 1.82. The summed E-state index contributed by atoms with van der Waals surface area (Å²) in [6, 6.07) is 0. The van der Waals surface area contributed by atoms with Gasteiger partial charge in [0.15, 0.2) is 0 Å². The zero-order valence-electron chi connectivity index (χ0n) is 11.0. The average molecular weight is 240 g/mol. The van der Waals surface area contributed by atoms with Crippen LogP contribution in [0, 0.1) is 5.41 Å². The van der Waals surface area contributed by atoms with Crippen LogP contribution in [0.1, 0.15) is 50.4 Å². The maximum atomic E-state index is 4.35. The largest absolute Gasteiger partial charge is 0.312 e. The van der Waals surface area contributed by atoms with Crippen molar-refractivity contribution in [1.29, 1.82) is 0 Å². The molecule has 0 aliphatic carbocycles. The Morgan fingerprint density at radius 2 is 2.12 bits per heavy atom. The van der Waals surface area contributed by atoms with E-state index in [0.717, 1.165) is 19.5 Å². The fourth-order valence-electron chi connectivity index (χ4n) is 1.55. The minimum atomic E-state index is 0.460. The summed E-state index contributed by atoms with van der Waals surface area (Å²) < 4.78 is 0. The lowest BCUT2D eigenvalue weighted by molar-refractivity contribution is 0.361. The van der Waals surface area contributed by atoms with Gasteiger partial charge in [-0.15, -0.1) is 11.3 Å². The van der Waals surface area contributed by atoms with E-state index < -0.39 is 0 Å². The van der Waals surface area contributed by atoms with E-state index in [9.17, 15) is 0 Å². The molecule has 0 saturated carbocycles. The normalized spacial score (nSPS) is 12.0. The van der Waals surface area contributed by atoms with Crippen LogP contribution in [0.4, 0.5) is 0 Å². The Bertz CT molecular complexity index is 299. The molecular weight excluding hydrogens is 216 g/mol. The number of aromatic nitrogens is 1. The van der Waals surface area contributed by atoms with Gasteiger partial charge in [0.25, 0.3) is 0 Å². The Balaban J connectivity index is 2.11. The molecule has 0 saturated heterocycles. The molecule has 1 aromatic heterocycles. The van der Waals surface area contributed by atoms with E-state index >= 15 is 0 Å². The lowest BCUT2D eigenvalue weighted by atomic mass is 9.91. The van der Waals surface area contributed by atoms with Crippen LogP contribution in [-0.2, 0) is 13.0 Å². The van der Waals surface area contributed by atoms with Crippen molar-refractivity contribution in [2.24, 2.45) is 5.41 Å². The van der Waals surface area contributed by atoms with Crippen molar-refractivity contribution in [1.82, 2.24) is 10.3 Å². The van der Waals surface area contributed by atoms with Gasteiger partial charge in [0, 0.05) is 17.6 Å². The molecule has 1 aromatic rings. The van der Waals surface area contributed by atoms with E-state index in [4.69, 9.17) is 0 Å². The van der Waals surface area contributed by atoms with E-state index in [-0.39, 0.29) is 0 Å². The third-order valence-corrected chi connectivity index (χ3v) is 3.63. The predicted molar refractivity (Wildman–Crippen MR) is 71.9 cm³/mol. The second kappa shape index (κ2) is 6.36. The highest BCUT2D eigenvalue weighted by Crippen LogP contribution is 2.20. The highest BCUT2D eigenvalue weighted by atomic mass is 32.1. The van der Waals surface area contributed by atoms with Gasteiger partial charge in [0.1, 0.15) is 0 Å². The van der Waals surface area contributed by atoms with Crippen LogP contribution in [-0.4, -0.2) is 11.5 Å². The van der Waals surface area contributed by atoms with Crippen LogP contribution in [0.5, 0.6) is 0 Å². The molecule has 3 heteroatoms. The number of nitrogens with one attached hydrogen (secondary N) is 1. The number of thiazole rings is 1. The Hall–Kier alpha value is -0.410. The molecule has 0 atom stereocenters. The molecule has 0 aromatic carbocycles. The summed E-state index contributed by atoms with van der Waals surface area (Å²) in [5.74, 6) is 0. The summed E-state index contributed by atoms with van der Waals surface area (Å²) in [6.45, 7) is 11.1. The topological polar surface area (TPSA) is 24.9 Å². The zero-order chi connectivity index (χ0) is 12.0. The van der Waals surface area contributed by atoms with Crippen molar-refractivity contribution >= 4 is 11.3 Å². The quantitative estimate of drug-likeness (QED) is 0.768. The number of aryl methyl sites for hydroxylation is 1. The summed E-state index contributed by atoms with van der Waals surface area (Å²) in [5.41, 5.74) is 0.460. The molecule has 0 fully saturated rings. The van der Waals surface area contributed by atoms with Gasteiger partial charge in [-0.2, -0.15) is 0 Å². The first kappa shape index (κ1) is 13.7. The molecule has 92 valence electrons. The van der Waals surface area contributed by atoms with Gasteiger partial charge in [-0.25, -0.2) is 4.98 Å². The van der Waals surface area contributed by atoms with Gasteiger partial charge in [-0.1, -0.05) is 27.7 Å². The van der Waals surface area contributed by atoms with Crippen molar-refractivity contribution < 1.29 is 0 Å². The van der Waals surface area contributed by atoms with Crippen molar-refractivity contribution in [2.75, 3.05) is 6.54 Å². The van der Waals surface area contributed by atoms with Gasteiger partial charge in [-0.05, 0) is 31.2 Å². The van der Waals surface area contributed by atoms with Crippen LogP contribution in [0.15, 0.2) is 6.20 Å². The Labute approximate surface area is 103 Å². The molecular formula is C13H24N2S. The third-order valence-electron chi connectivity index (χ3n) is 2.48. The van der Waals surface area contributed by atoms with Crippen molar-refractivity contribution in [2.45, 2.75) is 53.5 Å². The third kappa shape index (κ3) is 5.61. The van der Waals surface area contributed by atoms with Crippen molar-refractivity contribution in [3.05, 3.63) is 16.1 Å².